The Balaban J connectivity index is 0.828. The van der Waals surface area contributed by atoms with Gasteiger partial charge in [0.15, 0.2) is 0 Å². The van der Waals surface area contributed by atoms with Crippen LogP contribution >= 0.6 is 0 Å². The number of rotatable bonds is 23. The van der Waals surface area contributed by atoms with Crippen LogP contribution in [0, 0.1) is 5.92 Å². The van der Waals surface area contributed by atoms with Gasteiger partial charge in [-0.2, -0.15) is 13.2 Å². The number of fused-ring (bicyclic) bond motifs is 1. The van der Waals surface area contributed by atoms with Crippen molar-refractivity contribution in [2.75, 3.05) is 64.8 Å². The Kier molecular flexibility index (Phi) is 17.1. The molecule has 0 bridgehead atoms. The molecule has 61 heavy (non-hydrogen) atoms. The van der Waals surface area contributed by atoms with Crippen molar-refractivity contribution in [2.45, 2.75) is 76.0 Å². The molecule has 5 rings (SSSR count). The van der Waals surface area contributed by atoms with Gasteiger partial charge in [-0.1, -0.05) is 6.07 Å². The summed E-state index contributed by atoms with van der Waals surface area (Å²) in [6.07, 6.45) is 3.05. The van der Waals surface area contributed by atoms with Crippen LogP contribution in [0.15, 0.2) is 49.1 Å². The van der Waals surface area contributed by atoms with Crippen LogP contribution in [0.4, 0.5) is 19.0 Å². The lowest BCUT2D eigenvalue weighted by Crippen LogP contribution is -2.39. The van der Waals surface area contributed by atoms with E-state index >= 15 is 0 Å². The molecule has 1 aromatic carbocycles. The van der Waals surface area contributed by atoms with Crippen molar-refractivity contribution in [1.82, 2.24) is 46.0 Å². The zero-order valence-corrected chi connectivity index (χ0v) is 34.1. The molecule has 4 heterocycles. The fourth-order valence-electron chi connectivity index (χ4n) is 7.22. The molecule has 0 unspecified atom stereocenters. The quantitative estimate of drug-likeness (QED) is 0.0874. The van der Waals surface area contributed by atoms with E-state index in [2.05, 4.69) is 41.5 Å². The highest BCUT2D eigenvalue weighted by Gasteiger charge is 2.42. The Hall–Kier alpha value is -5.92. The highest BCUT2D eigenvalue weighted by Crippen LogP contribution is 2.37. The molecule has 3 atom stereocenters. The standard InChI is InChI=1S/C41H53F3N10O7/c1-53-36(58)24-30(37(53)27-7-3-14-45-25-27)39(59)49-17-6-22-61-21-5-16-47-34(56)9-2-8-33(55)46-15-4-10-35(57)48-18-20-54-19-13-32(40(54)60)52-38-29-23-28(41(42,43)44)11-12-31(29)50-26-51-38/h3,7,11-12,14,23,25-26,30,32,37H,2,4-6,8-10,13,15-22,24H2,1H3,(H,46,55)(H,47,56)(H,48,57)(H,49,59)(H,50,51,52)/t30-,32+,37+/m1/s1. The van der Waals surface area contributed by atoms with Crippen molar-refractivity contribution in [3.63, 3.8) is 0 Å². The van der Waals surface area contributed by atoms with Gasteiger partial charge in [0.05, 0.1) is 23.0 Å². The third kappa shape index (κ3) is 13.8. The van der Waals surface area contributed by atoms with Crippen molar-refractivity contribution >= 4 is 52.2 Å². The molecule has 2 aliphatic heterocycles. The Morgan fingerprint density at radius 2 is 1.52 bits per heavy atom. The predicted octanol–water partition coefficient (Wildman–Crippen LogP) is 2.49. The molecule has 17 nitrogen and oxygen atoms in total. The molecule has 0 aliphatic carbocycles. The molecule has 2 saturated heterocycles. The molecule has 0 saturated carbocycles. The normalized spacial score (nSPS) is 17.7. The number of carbonyl (C=O) groups is 6. The average Bonchev–Trinajstić information content (AvgIpc) is 3.74. The predicted molar refractivity (Wildman–Crippen MR) is 216 cm³/mol. The number of hydrogen-bond donors (Lipinski definition) is 5. The minimum absolute atomic E-state index is 0.0832. The van der Waals surface area contributed by atoms with E-state index in [1.165, 1.54) is 12.4 Å². The Morgan fingerprint density at radius 1 is 0.852 bits per heavy atom. The zero-order chi connectivity index (χ0) is 43.8. The summed E-state index contributed by atoms with van der Waals surface area (Å²) in [6.45, 7) is 2.86. The van der Waals surface area contributed by atoms with Crippen LogP contribution < -0.4 is 26.6 Å². The van der Waals surface area contributed by atoms with Crippen LogP contribution in [0.2, 0.25) is 0 Å². The van der Waals surface area contributed by atoms with E-state index in [1.807, 2.05) is 6.07 Å². The number of likely N-dealkylation sites (tertiary alicyclic amines) is 2. The third-order valence-electron chi connectivity index (χ3n) is 10.5. The molecule has 0 spiro atoms. The molecule has 5 N–H and O–H groups in total. The second-order valence-corrected chi connectivity index (χ2v) is 14.9. The van der Waals surface area contributed by atoms with Crippen molar-refractivity contribution in [1.29, 1.82) is 0 Å². The van der Waals surface area contributed by atoms with Crippen LogP contribution in [-0.2, 0) is 39.7 Å². The number of alkyl halides is 3. The lowest BCUT2D eigenvalue weighted by molar-refractivity contribution is -0.137. The van der Waals surface area contributed by atoms with E-state index in [0.717, 1.165) is 17.7 Å². The number of ether oxygens (including phenoxy) is 1. The third-order valence-corrected chi connectivity index (χ3v) is 10.5. The first-order chi connectivity index (χ1) is 29.3. The summed E-state index contributed by atoms with van der Waals surface area (Å²) < 4.78 is 45.4. The number of carbonyl (C=O) groups excluding carboxylic acids is 6. The van der Waals surface area contributed by atoms with Gasteiger partial charge in [0.1, 0.15) is 18.2 Å². The maximum atomic E-state index is 13.3. The van der Waals surface area contributed by atoms with Crippen molar-refractivity contribution in [3.8, 4) is 0 Å². The number of halogens is 3. The van der Waals surface area contributed by atoms with E-state index in [9.17, 15) is 41.9 Å². The summed E-state index contributed by atoms with van der Waals surface area (Å²) in [5.41, 5.74) is 0.290. The first kappa shape index (κ1) is 46.2. The summed E-state index contributed by atoms with van der Waals surface area (Å²) in [5, 5.41) is 14.3. The van der Waals surface area contributed by atoms with Gasteiger partial charge in [-0.15, -0.1) is 0 Å². The van der Waals surface area contributed by atoms with E-state index in [1.54, 1.807) is 35.3 Å². The van der Waals surface area contributed by atoms with Crippen molar-refractivity contribution in [3.05, 3.63) is 60.2 Å². The van der Waals surface area contributed by atoms with E-state index in [-0.39, 0.29) is 98.0 Å². The number of pyridine rings is 1. The molecule has 6 amide bonds. The molecule has 20 heteroatoms. The van der Waals surface area contributed by atoms with Crippen LogP contribution in [0.1, 0.15) is 75.0 Å². The number of anilines is 1. The van der Waals surface area contributed by atoms with Gasteiger partial charge in [-0.3, -0.25) is 33.8 Å². The van der Waals surface area contributed by atoms with Gasteiger partial charge in [-0.25, -0.2) is 9.97 Å². The summed E-state index contributed by atoms with van der Waals surface area (Å²) in [5.74, 6) is -1.50. The maximum absolute atomic E-state index is 13.3. The van der Waals surface area contributed by atoms with Crippen LogP contribution in [0.25, 0.3) is 10.9 Å². The molecular formula is C41H53F3N10O7. The summed E-state index contributed by atoms with van der Waals surface area (Å²) in [6, 6.07) is 5.76. The van der Waals surface area contributed by atoms with Crippen molar-refractivity contribution < 1.29 is 46.7 Å². The van der Waals surface area contributed by atoms with Gasteiger partial charge in [0, 0.05) is 103 Å². The zero-order valence-electron chi connectivity index (χ0n) is 34.1. The highest BCUT2D eigenvalue weighted by atomic mass is 19.4. The SMILES string of the molecule is CN1C(=O)C[C@@H](C(=O)NCCCOCCCNC(=O)CCCC(=O)NCCCC(=O)NCCN2CC[C@H](Nc3ncnc4ccc(C(F)(F)F)cc34)C2=O)[C@@H]1c1cccnc1. The fourth-order valence-corrected chi connectivity index (χ4v) is 7.22. The van der Waals surface area contributed by atoms with Crippen LogP contribution in [0.5, 0.6) is 0 Å². The summed E-state index contributed by atoms with van der Waals surface area (Å²) in [7, 11) is 1.70. The van der Waals surface area contributed by atoms with Crippen LogP contribution in [0.3, 0.4) is 0 Å². The Bertz CT molecular complexity index is 1990. The number of nitrogens with one attached hydrogen (secondary N) is 5. The first-order valence-electron chi connectivity index (χ1n) is 20.5. The monoisotopic (exact) mass is 854 g/mol. The number of amides is 6. The average molecular weight is 855 g/mol. The van der Waals surface area contributed by atoms with Gasteiger partial charge in [-0.05, 0) is 61.9 Å². The second kappa shape index (κ2) is 22.6. The van der Waals surface area contributed by atoms with E-state index in [0.29, 0.717) is 70.5 Å². The van der Waals surface area contributed by atoms with Crippen molar-refractivity contribution in [2.24, 2.45) is 5.92 Å². The highest BCUT2D eigenvalue weighted by molar-refractivity contribution is 5.93. The molecule has 2 aliphatic rings. The number of nitrogens with zero attached hydrogens (tertiary/aromatic N) is 5. The first-order valence-corrected chi connectivity index (χ1v) is 20.5. The molecule has 330 valence electrons. The van der Waals surface area contributed by atoms with Gasteiger partial charge in [0.25, 0.3) is 0 Å². The summed E-state index contributed by atoms with van der Waals surface area (Å²) in [4.78, 5) is 90.2. The minimum atomic E-state index is -4.54. The molecule has 3 aromatic rings. The molecule has 2 aromatic heterocycles. The second-order valence-electron chi connectivity index (χ2n) is 14.9. The minimum Gasteiger partial charge on any atom is -0.381 e. The molecular weight excluding hydrogens is 802 g/mol. The lowest BCUT2D eigenvalue weighted by atomic mass is 9.94. The Labute approximate surface area is 351 Å². The number of hydrogen-bond acceptors (Lipinski definition) is 11. The van der Waals surface area contributed by atoms with E-state index < -0.39 is 23.7 Å². The topological polar surface area (TPSA) is 217 Å². The van der Waals surface area contributed by atoms with E-state index in [4.69, 9.17) is 4.74 Å². The summed E-state index contributed by atoms with van der Waals surface area (Å²) >= 11 is 0. The largest absolute Gasteiger partial charge is 0.416 e. The van der Waals surface area contributed by atoms with Gasteiger partial charge >= 0.3 is 6.18 Å². The maximum Gasteiger partial charge on any atom is 0.416 e. The van der Waals surface area contributed by atoms with Gasteiger partial charge in [0.2, 0.25) is 35.4 Å². The van der Waals surface area contributed by atoms with Gasteiger partial charge < -0.3 is 41.1 Å². The fraction of sp³-hybridized carbons (Fsp3) is 0.537. The number of aromatic nitrogens is 3. The smallest absolute Gasteiger partial charge is 0.381 e. The van der Waals surface area contributed by atoms with Crippen LogP contribution in [-0.4, -0.2) is 126 Å². The number of benzene rings is 1. The Morgan fingerprint density at radius 3 is 2.21 bits per heavy atom. The molecule has 0 radical (unpaired) electrons. The molecule has 2 fully saturated rings. The lowest BCUT2D eigenvalue weighted by Gasteiger charge is -2.24.